The van der Waals surface area contributed by atoms with E-state index in [4.69, 9.17) is 23.1 Å². The number of carbonyl (C=O) groups excluding carboxylic acids is 3. The number of primary amides is 1. The van der Waals surface area contributed by atoms with Gasteiger partial charge in [-0.1, -0.05) is 11.6 Å². The predicted molar refractivity (Wildman–Crippen MR) is 74.2 cm³/mol. The van der Waals surface area contributed by atoms with E-state index in [0.29, 0.717) is 11.4 Å². The van der Waals surface area contributed by atoms with Crippen LogP contribution in [0, 0.1) is 0 Å². The van der Waals surface area contributed by atoms with Crippen LogP contribution in [0.4, 0.5) is 11.4 Å². The van der Waals surface area contributed by atoms with E-state index in [1.54, 1.807) is 12.1 Å². The molecule has 0 aliphatic carbocycles. The minimum Gasteiger partial charge on any atom is -0.370 e. The standard InChI is InChI=1S/C12H13ClN4O3/c13-6-3-8-5(2-11(19)16-8)1-9(6)17-12(20)7(14)4-10(15)18/h1,3,7H,2,4,14H2,(H2,15,18)(H,16,19)(H,17,20). The largest absolute Gasteiger partial charge is 0.370 e. The van der Waals surface area contributed by atoms with Gasteiger partial charge in [0, 0.05) is 5.69 Å². The Kier molecular flexibility index (Phi) is 3.91. The smallest absolute Gasteiger partial charge is 0.241 e. The van der Waals surface area contributed by atoms with Gasteiger partial charge in [-0.15, -0.1) is 0 Å². The zero-order chi connectivity index (χ0) is 14.9. The van der Waals surface area contributed by atoms with E-state index in [1.807, 2.05) is 0 Å². The molecule has 0 fully saturated rings. The summed E-state index contributed by atoms with van der Waals surface area (Å²) in [6, 6.07) is 2.11. The number of halogens is 1. The highest BCUT2D eigenvalue weighted by atomic mass is 35.5. The van der Waals surface area contributed by atoms with Crippen LogP contribution in [0.5, 0.6) is 0 Å². The second-order valence-corrected chi connectivity index (χ2v) is 4.89. The fraction of sp³-hybridized carbons (Fsp3) is 0.250. The second kappa shape index (κ2) is 5.48. The number of carbonyl (C=O) groups is 3. The van der Waals surface area contributed by atoms with Crippen LogP contribution < -0.4 is 22.1 Å². The molecular formula is C12H13ClN4O3. The van der Waals surface area contributed by atoms with Gasteiger partial charge < -0.3 is 22.1 Å². The zero-order valence-electron chi connectivity index (χ0n) is 10.4. The van der Waals surface area contributed by atoms with Gasteiger partial charge in [0.15, 0.2) is 0 Å². The van der Waals surface area contributed by atoms with Gasteiger partial charge in [0.05, 0.1) is 29.6 Å². The van der Waals surface area contributed by atoms with Crippen molar-refractivity contribution in [2.75, 3.05) is 10.6 Å². The molecule has 7 nitrogen and oxygen atoms in total. The first-order valence-corrected chi connectivity index (χ1v) is 6.21. The van der Waals surface area contributed by atoms with Crippen LogP contribution >= 0.6 is 11.6 Å². The third kappa shape index (κ3) is 3.06. The summed E-state index contributed by atoms with van der Waals surface area (Å²) in [7, 11) is 0. The van der Waals surface area contributed by atoms with E-state index < -0.39 is 17.9 Å². The number of hydrogen-bond donors (Lipinski definition) is 4. The van der Waals surface area contributed by atoms with Gasteiger partial charge in [-0.25, -0.2) is 0 Å². The number of nitrogens with two attached hydrogens (primary N) is 2. The molecule has 1 heterocycles. The Hall–Kier alpha value is -2.12. The number of hydrogen-bond acceptors (Lipinski definition) is 4. The first-order chi connectivity index (χ1) is 9.36. The summed E-state index contributed by atoms with van der Waals surface area (Å²) < 4.78 is 0. The van der Waals surface area contributed by atoms with Crippen LogP contribution in [-0.4, -0.2) is 23.8 Å². The summed E-state index contributed by atoms with van der Waals surface area (Å²) in [5.74, 6) is -1.37. The maximum atomic E-state index is 11.8. The van der Waals surface area contributed by atoms with Crippen LogP contribution in [0.2, 0.25) is 5.02 Å². The molecule has 1 aliphatic rings. The minimum atomic E-state index is -1.04. The zero-order valence-corrected chi connectivity index (χ0v) is 11.2. The quantitative estimate of drug-likeness (QED) is 0.622. The number of fused-ring (bicyclic) bond motifs is 1. The Morgan fingerprint density at radius 2 is 2.15 bits per heavy atom. The molecule has 1 atom stereocenters. The number of benzene rings is 1. The monoisotopic (exact) mass is 296 g/mol. The van der Waals surface area contributed by atoms with Crippen LogP contribution in [0.15, 0.2) is 12.1 Å². The molecule has 106 valence electrons. The molecule has 0 bridgehead atoms. The van der Waals surface area contributed by atoms with Gasteiger partial charge in [0.1, 0.15) is 0 Å². The maximum Gasteiger partial charge on any atom is 0.241 e. The fourth-order valence-corrected chi connectivity index (χ4v) is 2.09. The third-order valence-electron chi connectivity index (χ3n) is 2.83. The van der Waals surface area contributed by atoms with E-state index in [1.165, 1.54) is 0 Å². The van der Waals surface area contributed by atoms with E-state index in [-0.39, 0.29) is 23.8 Å². The Labute approximate surface area is 119 Å². The van der Waals surface area contributed by atoms with Crippen molar-refractivity contribution < 1.29 is 14.4 Å². The number of nitrogens with one attached hydrogen (secondary N) is 2. The summed E-state index contributed by atoms with van der Waals surface area (Å²) in [5.41, 5.74) is 12.2. The predicted octanol–water partition coefficient (Wildman–Crippen LogP) is -0.0242. The molecule has 0 saturated carbocycles. The fourth-order valence-electron chi connectivity index (χ4n) is 1.88. The van der Waals surface area contributed by atoms with Crippen LogP contribution in [0.25, 0.3) is 0 Å². The van der Waals surface area contributed by atoms with Crippen molar-refractivity contribution in [3.05, 3.63) is 22.7 Å². The SMILES string of the molecule is NC(=O)CC(N)C(=O)Nc1cc2c(cc1Cl)NC(=O)C2. The normalized spacial score (nSPS) is 14.4. The molecule has 0 aromatic heterocycles. The number of rotatable bonds is 4. The number of anilines is 2. The number of amides is 3. The lowest BCUT2D eigenvalue weighted by Gasteiger charge is -2.13. The molecule has 1 aromatic carbocycles. The molecule has 1 aliphatic heterocycles. The first kappa shape index (κ1) is 14.3. The summed E-state index contributed by atoms with van der Waals surface area (Å²) in [6.07, 6.45) is -0.0306. The van der Waals surface area contributed by atoms with Crippen LogP contribution in [0.3, 0.4) is 0 Å². The van der Waals surface area contributed by atoms with E-state index in [2.05, 4.69) is 10.6 Å². The Bertz CT molecular complexity index is 603. The van der Waals surface area contributed by atoms with Crippen molar-refractivity contribution in [2.45, 2.75) is 18.9 Å². The molecule has 1 aromatic rings. The minimum absolute atomic E-state index is 0.134. The molecule has 0 saturated heterocycles. The van der Waals surface area contributed by atoms with Crippen molar-refractivity contribution in [2.24, 2.45) is 11.5 Å². The van der Waals surface area contributed by atoms with Crippen LogP contribution in [0.1, 0.15) is 12.0 Å². The van der Waals surface area contributed by atoms with Crippen molar-refractivity contribution in [1.82, 2.24) is 0 Å². The van der Waals surface area contributed by atoms with E-state index in [0.717, 1.165) is 5.56 Å². The molecule has 0 radical (unpaired) electrons. The molecule has 3 amide bonds. The lowest BCUT2D eigenvalue weighted by Crippen LogP contribution is -2.39. The Morgan fingerprint density at radius 3 is 2.80 bits per heavy atom. The van der Waals surface area contributed by atoms with Crippen molar-refractivity contribution in [1.29, 1.82) is 0 Å². The summed E-state index contributed by atoms with van der Waals surface area (Å²) >= 11 is 6.01. The molecule has 6 N–H and O–H groups in total. The Balaban J connectivity index is 2.14. The van der Waals surface area contributed by atoms with Gasteiger partial charge in [0.25, 0.3) is 0 Å². The molecule has 2 rings (SSSR count). The highest BCUT2D eigenvalue weighted by Crippen LogP contribution is 2.32. The summed E-state index contributed by atoms with van der Waals surface area (Å²) in [5, 5.41) is 5.43. The lowest BCUT2D eigenvalue weighted by molar-refractivity contribution is -0.123. The lowest BCUT2D eigenvalue weighted by atomic mass is 10.1. The van der Waals surface area contributed by atoms with Gasteiger partial charge in [-0.05, 0) is 17.7 Å². The van der Waals surface area contributed by atoms with Crippen LogP contribution in [-0.2, 0) is 20.8 Å². The highest BCUT2D eigenvalue weighted by molar-refractivity contribution is 6.34. The second-order valence-electron chi connectivity index (χ2n) is 4.48. The third-order valence-corrected chi connectivity index (χ3v) is 3.15. The average molecular weight is 297 g/mol. The van der Waals surface area contributed by atoms with Crippen molar-refractivity contribution >= 4 is 40.7 Å². The molecular weight excluding hydrogens is 284 g/mol. The van der Waals surface area contributed by atoms with E-state index in [9.17, 15) is 14.4 Å². The van der Waals surface area contributed by atoms with Gasteiger partial charge in [0.2, 0.25) is 17.7 Å². The van der Waals surface area contributed by atoms with Crippen molar-refractivity contribution in [3.63, 3.8) is 0 Å². The highest BCUT2D eigenvalue weighted by Gasteiger charge is 2.22. The first-order valence-electron chi connectivity index (χ1n) is 5.84. The molecule has 20 heavy (non-hydrogen) atoms. The summed E-state index contributed by atoms with van der Waals surface area (Å²) in [6.45, 7) is 0. The average Bonchev–Trinajstić information content (AvgIpc) is 2.67. The van der Waals surface area contributed by atoms with E-state index >= 15 is 0 Å². The summed E-state index contributed by atoms with van der Waals surface area (Å²) in [4.78, 5) is 33.8. The molecule has 1 unspecified atom stereocenters. The van der Waals surface area contributed by atoms with Crippen molar-refractivity contribution in [3.8, 4) is 0 Å². The maximum absolute atomic E-state index is 11.8. The Morgan fingerprint density at radius 1 is 1.45 bits per heavy atom. The van der Waals surface area contributed by atoms with Gasteiger partial charge in [-0.2, -0.15) is 0 Å². The van der Waals surface area contributed by atoms with Gasteiger partial charge >= 0.3 is 0 Å². The molecule has 8 heteroatoms. The topological polar surface area (TPSA) is 127 Å². The molecule has 0 spiro atoms. The van der Waals surface area contributed by atoms with Gasteiger partial charge in [-0.3, -0.25) is 14.4 Å².